The Bertz CT molecular complexity index is 956. The molecule has 2 aromatic carbocycles. The van der Waals surface area contributed by atoms with E-state index in [0.29, 0.717) is 24.5 Å². The Labute approximate surface area is 171 Å². The first-order chi connectivity index (χ1) is 14.1. The summed E-state index contributed by atoms with van der Waals surface area (Å²) in [5.74, 6) is -0.413. The second-order valence-electron chi connectivity index (χ2n) is 7.29. The summed E-state index contributed by atoms with van der Waals surface area (Å²) in [6.45, 7) is 4.26. The van der Waals surface area contributed by atoms with Gasteiger partial charge in [0.15, 0.2) is 0 Å². The number of piperazine rings is 1. The van der Waals surface area contributed by atoms with Crippen molar-refractivity contribution in [1.29, 1.82) is 5.26 Å². The van der Waals surface area contributed by atoms with Gasteiger partial charge < -0.3 is 15.1 Å². The van der Waals surface area contributed by atoms with Crippen molar-refractivity contribution in [3.63, 3.8) is 0 Å². The number of carbonyl (C=O) groups excluding carboxylic acids is 1. The monoisotopic (exact) mass is 420 g/mol. The van der Waals surface area contributed by atoms with E-state index < -0.39 is 23.1 Å². The normalized spacial score (nSPS) is 19.4. The second kappa shape index (κ2) is 8.22. The Morgan fingerprint density at radius 1 is 1.10 bits per heavy atom. The lowest BCUT2D eigenvalue weighted by atomic mass is 10.0. The molecular weight excluding hydrogens is 400 g/mol. The summed E-state index contributed by atoms with van der Waals surface area (Å²) < 4.78 is 52.9. The van der Waals surface area contributed by atoms with E-state index in [0.717, 1.165) is 6.07 Å². The molecule has 1 N–H and O–H groups in total. The Hall–Kier alpha value is -3.28. The van der Waals surface area contributed by atoms with Crippen LogP contribution in [-0.4, -0.2) is 36.1 Å². The highest BCUT2D eigenvalue weighted by Crippen LogP contribution is 2.35. The van der Waals surface area contributed by atoms with E-state index in [-0.39, 0.29) is 18.1 Å². The van der Waals surface area contributed by atoms with E-state index in [4.69, 9.17) is 5.26 Å². The van der Waals surface area contributed by atoms with E-state index in [1.807, 2.05) is 0 Å². The van der Waals surface area contributed by atoms with Crippen LogP contribution in [0.5, 0.6) is 0 Å². The fourth-order valence-electron chi connectivity index (χ4n) is 3.72. The number of rotatable bonds is 2. The smallest absolute Gasteiger partial charge is 0.367 e. The lowest BCUT2D eigenvalue weighted by Crippen LogP contribution is -2.59. The highest BCUT2D eigenvalue weighted by Gasteiger charge is 2.36. The van der Waals surface area contributed by atoms with Crippen LogP contribution in [-0.2, 0) is 6.18 Å². The van der Waals surface area contributed by atoms with Crippen LogP contribution < -0.4 is 10.2 Å². The maximum atomic E-state index is 13.3. The molecule has 3 rings (SSSR count). The van der Waals surface area contributed by atoms with Gasteiger partial charge >= 0.3 is 12.2 Å². The SMILES string of the molecule is CC1CN(c2ccc(C#N)c(C(F)(F)F)c2)CC(C)N1C(=O)Nc1ccc(F)cc1. The molecule has 1 fully saturated rings. The van der Waals surface area contributed by atoms with Gasteiger partial charge in [0, 0.05) is 36.5 Å². The van der Waals surface area contributed by atoms with Crippen LogP contribution in [0.1, 0.15) is 25.0 Å². The number of nitrogens with one attached hydrogen (secondary N) is 1. The van der Waals surface area contributed by atoms with Gasteiger partial charge in [-0.15, -0.1) is 0 Å². The Morgan fingerprint density at radius 2 is 1.70 bits per heavy atom. The van der Waals surface area contributed by atoms with Gasteiger partial charge in [-0.3, -0.25) is 0 Å². The Morgan fingerprint density at radius 3 is 2.23 bits per heavy atom. The van der Waals surface area contributed by atoms with Crippen molar-refractivity contribution in [1.82, 2.24) is 4.90 Å². The standard InChI is InChI=1S/C21H20F4N4O/c1-13-11-28(18-8-3-15(10-26)19(9-18)21(23,24)25)12-14(2)29(13)20(30)27-17-6-4-16(22)5-7-17/h3-9,13-14H,11-12H2,1-2H3,(H,27,30). The predicted molar refractivity (Wildman–Crippen MR) is 105 cm³/mol. The number of alkyl halides is 3. The number of carbonyl (C=O) groups is 1. The quantitative estimate of drug-likeness (QED) is 0.707. The number of urea groups is 1. The van der Waals surface area contributed by atoms with Crippen molar-refractivity contribution in [2.75, 3.05) is 23.3 Å². The lowest BCUT2D eigenvalue weighted by molar-refractivity contribution is -0.137. The molecule has 1 saturated heterocycles. The summed E-state index contributed by atoms with van der Waals surface area (Å²) in [6, 6.07) is 9.64. The topological polar surface area (TPSA) is 59.4 Å². The zero-order valence-electron chi connectivity index (χ0n) is 16.4. The third-order valence-corrected chi connectivity index (χ3v) is 5.04. The van der Waals surface area contributed by atoms with Gasteiger partial charge in [0.1, 0.15) is 5.82 Å². The van der Waals surface area contributed by atoms with Crippen LogP contribution >= 0.6 is 0 Å². The highest BCUT2D eigenvalue weighted by molar-refractivity contribution is 5.90. The molecule has 0 bridgehead atoms. The first kappa shape index (κ1) is 21.4. The minimum atomic E-state index is -4.63. The number of amides is 2. The van der Waals surface area contributed by atoms with Crippen molar-refractivity contribution in [3.05, 3.63) is 59.4 Å². The van der Waals surface area contributed by atoms with E-state index in [1.165, 1.54) is 36.4 Å². The largest absolute Gasteiger partial charge is 0.417 e. The zero-order valence-corrected chi connectivity index (χ0v) is 16.4. The summed E-state index contributed by atoms with van der Waals surface area (Å²) in [7, 11) is 0. The van der Waals surface area contributed by atoms with Crippen LogP contribution in [0, 0.1) is 17.1 Å². The third-order valence-electron chi connectivity index (χ3n) is 5.04. The molecule has 1 heterocycles. The molecule has 1 aliphatic rings. The summed E-state index contributed by atoms with van der Waals surface area (Å²) in [5.41, 5.74) is -0.604. The van der Waals surface area contributed by atoms with E-state index in [9.17, 15) is 22.4 Å². The van der Waals surface area contributed by atoms with Crippen LogP contribution in [0.2, 0.25) is 0 Å². The van der Waals surface area contributed by atoms with Crippen LogP contribution in [0.4, 0.5) is 33.7 Å². The molecule has 0 radical (unpaired) electrons. The molecule has 2 aromatic rings. The third kappa shape index (κ3) is 4.48. The van der Waals surface area contributed by atoms with Gasteiger partial charge in [0.05, 0.1) is 17.2 Å². The molecule has 5 nitrogen and oxygen atoms in total. The van der Waals surface area contributed by atoms with E-state index in [1.54, 1.807) is 29.7 Å². The van der Waals surface area contributed by atoms with Crippen molar-refractivity contribution >= 4 is 17.4 Å². The van der Waals surface area contributed by atoms with Crippen molar-refractivity contribution in [2.24, 2.45) is 0 Å². The predicted octanol–water partition coefficient (Wildman–Crippen LogP) is 4.85. The minimum Gasteiger partial charge on any atom is -0.367 e. The summed E-state index contributed by atoms with van der Waals surface area (Å²) >= 11 is 0. The van der Waals surface area contributed by atoms with Crippen LogP contribution in [0.15, 0.2) is 42.5 Å². The van der Waals surface area contributed by atoms with Gasteiger partial charge in [0.2, 0.25) is 0 Å². The number of hydrogen-bond donors (Lipinski definition) is 1. The molecule has 0 aromatic heterocycles. The molecule has 9 heteroatoms. The number of nitrogens with zero attached hydrogens (tertiary/aromatic N) is 3. The van der Waals surface area contributed by atoms with Crippen molar-refractivity contribution < 1.29 is 22.4 Å². The Kier molecular flexibility index (Phi) is 5.87. The fraction of sp³-hybridized carbons (Fsp3) is 0.333. The molecule has 30 heavy (non-hydrogen) atoms. The highest BCUT2D eigenvalue weighted by atomic mass is 19.4. The molecule has 0 saturated carbocycles. The minimum absolute atomic E-state index is 0.292. The summed E-state index contributed by atoms with van der Waals surface area (Å²) in [6.07, 6.45) is -4.63. The van der Waals surface area contributed by atoms with Gasteiger partial charge in [-0.2, -0.15) is 18.4 Å². The first-order valence-electron chi connectivity index (χ1n) is 9.31. The molecule has 0 spiro atoms. The van der Waals surface area contributed by atoms with Gasteiger partial charge in [-0.25, -0.2) is 9.18 Å². The number of benzene rings is 2. The summed E-state index contributed by atoms with van der Waals surface area (Å²) in [4.78, 5) is 16.1. The molecular formula is C21H20F4N4O. The molecule has 158 valence electrons. The molecule has 0 aliphatic carbocycles. The van der Waals surface area contributed by atoms with Crippen molar-refractivity contribution in [2.45, 2.75) is 32.1 Å². The fourth-order valence-corrected chi connectivity index (χ4v) is 3.72. The number of halogens is 4. The number of nitriles is 1. The molecule has 1 aliphatic heterocycles. The summed E-state index contributed by atoms with van der Waals surface area (Å²) in [5, 5.41) is 11.7. The maximum Gasteiger partial charge on any atom is 0.417 e. The second-order valence-corrected chi connectivity index (χ2v) is 7.29. The average molecular weight is 420 g/mol. The zero-order chi connectivity index (χ0) is 22.1. The maximum absolute atomic E-state index is 13.3. The average Bonchev–Trinajstić information content (AvgIpc) is 2.68. The Balaban J connectivity index is 1.77. The number of anilines is 2. The molecule has 2 unspecified atom stereocenters. The van der Waals surface area contributed by atoms with Gasteiger partial charge in [-0.1, -0.05) is 0 Å². The van der Waals surface area contributed by atoms with Gasteiger partial charge in [-0.05, 0) is 56.3 Å². The first-order valence-corrected chi connectivity index (χ1v) is 9.31. The van der Waals surface area contributed by atoms with E-state index in [2.05, 4.69) is 5.32 Å². The lowest BCUT2D eigenvalue weighted by Gasteiger charge is -2.45. The number of hydrogen-bond acceptors (Lipinski definition) is 3. The van der Waals surface area contributed by atoms with Crippen LogP contribution in [0.25, 0.3) is 0 Å². The van der Waals surface area contributed by atoms with Gasteiger partial charge in [0.25, 0.3) is 0 Å². The van der Waals surface area contributed by atoms with Crippen LogP contribution in [0.3, 0.4) is 0 Å². The molecule has 2 atom stereocenters. The van der Waals surface area contributed by atoms with E-state index >= 15 is 0 Å². The molecule has 2 amide bonds. The van der Waals surface area contributed by atoms with Crippen molar-refractivity contribution in [3.8, 4) is 6.07 Å².